The summed E-state index contributed by atoms with van der Waals surface area (Å²) >= 11 is 0. The Hall–Kier alpha value is -3.28. The quantitative estimate of drug-likeness (QED) is 0.674. The fourth-order valence-electron chi connectivity index (χ4n) is 3.49. The molecule has 1 aliphatic heterocycles. The van der Waals surface area contributed by atoms with Crippen LogP contribution in [0, 0.1) is 0 Å². The molecule has 1 atom stereocenters. The minimum absolute atomic E-state index is 0.0321. The number of benzene rings is 2. The van der Waals surface area contributed by atoms with Crippen LogP contribution in [-0.2, 0) is 4.79 Å². The Bertz CT molecular complexity index is 1050. The van der Waals surface area contributed by atoms with Gasteiger partial charge >= 0.3 is 0 Å². The molecule has 2 heterocycles. The smallest absolute Gasteiger partial charge is 0.243 e. The summed E-state index contributed by atoms with van der Waals surface area (Å²) in [6, 6.07) is 13.6. The Morgan fingerprint density at radius 2 is 1.96 bits per heavy atom. The number of hydrogen-bond donors (Lipinski definition) is 0. The third-order valence-corrected chi connectivity index (χ3v) is 4.91. The summed E-state index contributed by atoms with van der Waals surface area (Å²) < 4.78 is 5.34. The van der Waals surface area contributed by atoms with E-state index in [0.29, 0.717) is 12.8 Å². The van der Waals surface area contributed by atoms with E-state index in [-0.39, 0.29) is 11.9 Å². The van der Waals surface area contributed by atoms with E-state index in [0.717, 1.165) is 40.0 Å². The molecule has 0 aliphatic carbocycles. The van der Waals surface area contributed by atoms with Crippen molar-refractivity contribution in [2.24, 2.45) is 5.10 Å². The fraction of sp³-hybridized carbons (Fsp3) is 0.273. The monoisotopic (exact) mass is 374 g/mol. The summed E-state index contributed by atoms with van der Waals surface area (Å²) in [5.41, 5.74) is 4.52. The van der Waals surface area contributed by atoms with Crippen molar-refractivity contribution in [1.29, 1.82) is 0 Å². The number of nitrogens with zero attached hydrogens (tertiary/aromatic N) is 4. The number of hydrazone groups is 1. The molecule has 0 bridgehead atoms. The largest absolute Gasteiger partial charge is 0.497 e. The zero-order valence-corrected chi connectivity index (χ0v) is 16.0. The highest BCUT2D eigenvalue weighted by Gasteiger charge is 2.32. The first kappa shape index (κ1) is 18.1. The molecule has 6 nitrogen and oxygen atoms in total. The van der Waals surface area contributed by atoms with Crippen LogP contribution in [0.4, 0.5) is 0 Å². The first-order chi connectivity index (χ1) is 13.7. The molecule has 1 aromatic heterocycles. The summed E-state index contributed by atoms with van der Waals surface area (Å²) in [7, 11) is 1.64. The Morgan fingerprint density at radius 1 is 1.14 bits per heavy atom. The number of methoxy groups -OCH3 is 1. The van der Waals surface area contributed by atoms with E-state index in [1.54, 1.807) is 24.5 Å². The third kappa shape index (κ3) is 3.45. The van der Waals surface area contributed by atoms with Crippen LogP contribution < -0.4 is 4.74 Å². The van der Waals surface area contributed by atoms with Crippen LogP contribution in [0.1, 0.15) is 43.4 Å². The Balaban J connectivity index is 1.71. The lowest BCUT2D eigenvalue weighted by molar-refractivity contribution is -0.133. The first-order valence-electron chi connectivity index (χ1n) is 9.44. The molecule has 0 fully saturated rings. The van der Waals surface area contributed by atoms with E-state index in [4.69, 9.17) is 9.84 Å². The van der Waals surface area contributed by atoms with Crippen LogP contribution >= 0.6 is 0 Å². The average Bonchev–Trinajstić information content (AvgIpc) is 3.19. The summed E-state index contributed by atoms with van der Waals surface area (Å²) in [6.07, 6.45) is 5.26. The molecule has 142 valence electrons. The second-order valence-electron chi connectivity index (χ2n) is 6.79. The van der Waals surface area contributed by atoms with Crippen molar-refractivity contribution in [3.8, 4) is 5.75 Å². The van der Waals surface area contributed by atoms with E-state index in [2.05, 4.69) is 9.97 Å². The summed E-state index contributed by atoms with van der Waals surface area (Å²) in [5, 5.41) is 6.33. The lowest BCUT2D eigenvalue weighted by Crippen LogP contribution is -2.26. The number of aromatic nitrogens is 2. The van der Waals surface area contributed by atoms with Crippen molar-refractivity contribution in [2.75, 3.05) is 7.11 Å². The number of ether oxygens (including phenoxy) is 1. The maximum Gasteiger partial charge on any atom is 0.243 e. The Morgan fingerprint density at radius 3 is 2.75 bits per heavy atom. The number of hydrogen-bond acceptors (Lipinski definition) is 5. The van der Waals surface area contributed by atoms with Crippen LogP contribution in [0.25, 0.3) is 11.0 Å². The number of fused-ring (bicyclic) bond motifs is 1. The molecule has 0 saturated heterocycles. The van der Waals surface area contributed by atoms with Crippen molar-refractivity contribution < 1.29 is 9.53 Å². The molecule has 3 aromatic rings. The van der Waals surface area contributed by atoms with Crippen LogP contribution in [0.3, 0.4) is 0 Å². The van der Waals surface area contributed by atoms with Gasteiger partial charge in [0.2, 0.25) is 5.91 Å². The van der Waals surface area contributed by atoms with Gasteiger partial charge in [-0.25, -0.2) is 5.01 Å². The topological polar surface area (TPSA) is 67.7 Å². The minimum Gasteiger partial charge on any atom is -0.497 e. The maximum absolute atomic E-state index is 12.8. The maximum atomic E-state index is 12.8. The number of rotatable bonds is 5. The molecule has 0 N–H and O–H groups in total. The Kier molecular flexibility index (Phi) is 5.02. The standard InChI is InChI=1S/C22H22N4O2/c1-3-5-22(27)26-21(16-8-9-18-20(13-16)24-11-10-23-18)14-19(25-26)15-6-4-7-17(12-15)28-2/h4,6-13,21H,3,5,14H2,1-2H3. The second-order valence-corrected chi connectivity index (χ2v) is 6.79. The first-order valence-corrected chi connectivity index (χ1v) is 9.44. The molecule has 1 unspecified atom stereocenters. The highest BCUT2D eigenvalue weighted by Crippen LogP contribution is 2.34. The van der Waals surface area contributed by atoms with Crippen molar-refractivity contribution >= 4 is 22.7 Å². The molecule has 1 amide bonds. The molecule has 0 spiro atoms. The van der Waals surface area contributed by atoms with Crippen molar-refractivity contribution in [2.45, 2.75) is 32.2 Å². The zero-order valence-electron chi connectivity index (χ0n) is 16.0. The van der Waals surface area contributed by atoms with Gasteiger partial charge in [0.05, 0.1) is 29.9 Å². The van der Waals surface area contributed by atoms with Crippen LogP contribution in [0.2, 0.25) is 0 Å². The molecule has 0 radical (unpaired) electrons. The van der Waals surface area contributed by atoms with Gasteiger partial charge in [-0.1, -0.05) is 25.1 Å². The SMILES string of the molecule is CCCC(=O)N1N=C(c2cccc(OC)c2)CC1c1ccc2nccnc2c1. The van der Waals surface area contributed by atoms with Gasteiger partial charge in [-0.2, -0.15) is 5.10 Å². The number of amides is 1. The summed E-state index contributed by atoms with van der Waals surface area (Å²) in [4.78, 5) is 21.5. The van der Waals surface area contributed by atoms with Crippen LogP contribution in [0.15, 0.2) is 60.0 Å². The van der Waals surface area contributed by atoms with E-state index in [1.807, 2.05) is 49.4 Å². The van der Waals surface area contributed by atoms with Crippen molar-refractivity contribution in [3.63, 3.8) is 0 Å². The summed E-state index contributed by atoms with van der Waals surface area (Å²) in [6.45, 7) is 2.00. The lowest BCUT2D eigenvalue weighted by atomic mass is 9.97. The normalized spacial score (nSPS) is 16.3. The van der Waals surface area contributed by atoms with E-state index in [1.165, 1.54) is 0 Å². The average molecular weight is 374 g/mol. The van der Waals surface area contributed by atoms with Gasteiger partial charge in [-0.15, -0.1) is 0 Å². The predicted octanol–water partition coefficient (Wildman–Crippen LogP) is 4.12. The van der Waals surface area contributed by atoms with Gasteiger partial charge in [0.15, 0.2) is 0 Å². The molecule has 0 saturated carbocycles. The van der Waals surface area contributed by atoms with E-state index < -0.39 is 0 Å². The van der Waals surface area contributed by atoms with Gasteiger partial charge in [-0.3, -0.25) is 14.8 Å². The highest BCUT2D eigenvalue weighted by atomic mass is 16.5. The Labute approximate surface area is 163 Å². The van der Waals surface area contributed by atoms with Gasteiger partial charge in [0, 0.05) is 30.8 Å². The lowest BCUT2D eigenvalue weighted by Gasteiger charge is -2.22. The van der Waals surface area contributed by atoms with Crippen LogP contribution in [0.5, 0.6) is 5.75 Å². The molecular formula is C22H22N4O2. The molecule has 4 rings (SSSR count). The van der Waals surface area contributed by atoms with E-state index in [9.17, 15) is 4.79 Å². The van der Waals surface area contributed by atoms with Gasteiger partial charge in [-0.05, 0) is 36.2 Å². The predicted molar refractivity (Wildman–Crippen MR) is 108 cm³/mol. The molecule has 2 aromatic carbocycles. The fourth-order valence-corrected chi connectivity index (χ4v) is 3.49. The van der Waals surface area contributed by atoms with Gasteiger partial charge < -0.3 is 4.74 Å². The number of carbonyl (C=O) groups excluding carboxylic acids is 1. The summed E-state index contributed by atoms with van der Waals surface area (Å²) in [5.74, 6) is 0.806. The molecule has 28 heavy (non-hydrogen) atoms. The van der Waals surface area contributed by atoms with E-state index >= 15 is 0 Å². The van der Waals surface area contributed by atoms with Crippen LogP contribution in [-0.4, -0.2) is 33.7 Å². The van der Waals surface area contributed by atoms with Gasteiger partial charge in [0.1, 0.15) is 5.75 Å². The highest BCUT2D eigenvalue weighted by molar-refractivity contribution is 6.03. The minimum atomic E-state index is -0.147. The second kappa shape index (κ2) is 7.76. The zero-order chi connectivity index (χ0) is 19.5. The van der Waals surface area contributed by atoms with Crippen molar-refractivity contribution in [1.82, 2.24) is 15.0 Å². The number of carbonyl (C=O) groups is 1. The molecule has 6 heteroatoms. The molecular weight excluding hydrogens is 352 g/mol. The third-order valence-electron chi connectivity index (χ3n) is 4.91. The van der Waals surface area contributed by atoms with Gasteiger partial charge in [0.25, 0.3) is 0 Å². The molecule has 1 aliphatic rings. The van der Waals surface area contributed by atoms with Crippen molar-refractivity contribution in [3.05, 3.63) is 66.0 Å².